The summed E-state index contributed by atoms with van der Waals surface area (Å²) < 4.78 is 3.28. The van der Waals surface area contributed by atoms with E-state index in [4.69, 9.17) is 10.5 Å². The fourth-order valence-electron chi connectivity index (χ4n) is 3.03. The van der Waals surface area contributed by atoms with Crippen molar-refractivity contribution in [2.24, 2.45) is 0 Å². The molecule has 0 fully saturated rings. The molecule has 0 saturated heterocycles. The van der Waals surface area contributed by atoms with Gasteiger partial charge in [-0.15, -0.1) is 5.10 Å². The molecule has 4 aromatic heterocycles. The summed E-state index contributed by atoms with van der Waals surface area (Å²) in [6.07, 6.45) is 7.60. The van der Waals surface area contributed by atoms with Crippen molar-refractivity contribution in [3.05, 3.63) is 48.2 Å². The fourth-order valence-corrected chi connectivity index (χ4v) is 3.03. The molecule has 4 rings (SSSR count). The maximum atomic E-state index is 9.06. The summed E-state index contributed by atoms with van der Waals surface area (Å²) in [6, 6.07) is 7.98. The van der Waals surface area contributed by atoms with Crippen LogP contribution in [0.1, 0.15) is 31.5 Å². The number of hydrogen-bond acceptors (Lipinski definition) is 8. The van der Waals surface area contributed by atoms with Crippen molar-refractivity contribution in [1.29, 1.82) is 10.5 Å². The van der Waals surface area contributed by atoms with Gasteiger partial charge in [0.25, 0.3) is 0 Å². The lowest BCUT2D eigenvalue weighted by Gasteiger charge is -2.15. The van der Waals surface area contributed by atoms with Gasteiger partial charge in [-0.2, -0.15) is 20.3 Å². The second-order valence-corrected chi connectivity index (χ2v) is 6.98. The number of hydrogen-bond donors (Lipinski definition) is 1. The summed E-state index contributed by atoms with van der Waals surface area (Å²) in [7, 11) is 0. The minimum Gasteiger partial charge on any atom is -0.381 e. The first kappa shape index (κ1) is 19.0. The normalized spacial score (nSPS) is 10.8. The van der Waals surface area contributed by atoms with E-state index in [2.05, 4.69) is 42.8 Å². The van der Waals surface area contributed by atoms with E-state index in [0.29, 0.717) is 29.9 Å². The molecule has 0 spiro atoms. The van der Waals surface area contributed by atoms with Crippen molar-refractivity contribution in [2.75, 3.05) is 5.32 Å². The maximum Gasteiger partial charge on any atom is 0.164 e. The van der Waals surface area contributed by atoms with Crippen LogP contribution in [0.25, 0.3) is 22.5 Å². The van der Waals surface area contributed by atoms with Gasteiger partial charge in [-0.05, 0) is 19.9 Å². The lowest BCUT2D eigenvalue weighted by molar-refractivity contribution is 0.784. The van der Waals surface area contributed by atoms with E-state index in [-0.39, 0.29) is 6.04 Å². The molecule has 30 heavy (non-hydrogen) atoms. The van der Waals surface area contributed by atoms with E-state index in [9.17, 15) is 0 Å². The molecular formula is C20H18N10. The van der Waals surface area contributed by atoms with E-state index < -0.39 is 0 Å². The smallest absolute Gasteiger partial charge is 0.164 e. The number of aromatic nitrogens is 7. The molecule has 0 aliphatic heterocycles. The van der Waals surface area contributed by atoms with Crippen molar-refractivity contribution in [3.63, 3.8) is 0 Å². The third-order valence-corrected chi connectivity index (χ3v) is 4.35. The number of nitriles is 2. The molecule has 10 heteroatoms. The zero-order valence-electron chi connectivity index (χ0n) is 16.5. The molecule has 4 heterocycles. The molecule has 0 unspecified atom stereocenters. The summed E-state index contributed by atoms with van der Waals surface area (Å²) in [5.41, 5.74) is 3.38. The van der Waals surface area contributed by atoms with Crippen molar-refractivity contribution in [2.45, 2.75) is 32.7 Å². The Morgan fingerprint density at radius 1 is 1.13 bits per heavy atom. The molecule has 10 nitrogen and oxygen atoms in total. The minimum absolute atomic E-state index is 0.172. The second-order valence-electron chi connectivity index (χ2n) is 6.98. The Hall–Kier alpha value is -4.31. The number of nitrogens with one attached hydrogen (secondary N) is 1. The molecule has 0 aliphatic rings. The molecule has 0 amide bonds. The summed E-state index contributed by atoms with van der Waals surface area (Å²) in [5.74, 6) is 0.582. The summed E-state index contributed by atoms with van der Waals surface area (Å²) >= 11 is 0. The standard InChI is InChI=1S/C20H18N10/c1-13(2)26-17-7-19(30-20-15(10-25-30)6-14(8-22)9-24-20)23-11-18(17)29-12-16(27-28-29)4-3-5-21/h6-7,9-13H,3-4H2,1-2H3,(H,23,26). The fraction of sp³-hybridized carbons (Fsp3) is 0.250. The van der Waals surface area contributed by atoms with Crippen LogP contribution < -0.4 is 5.32 Å². The lowest BCUT2D eigenvalue weighted by Crippen LogP contribution is -2.14. The van der Waals surface area contributed by atoms with Gasteiger partial charge in [-0.3, -0.25) is 0 Å². The Kier molecular flexibility index (Phi) is 5.06. The predicted octanol–water partition coefficient (Wildman–Crippen LogP) is 2.54. The number of pyridine rings is 2. The second kappa shape index (κ2) is 7.97. The molecule has 0 radical (unpaired) electrons. The number of rotatable bonds is 6. The Bertz CT molecular complexity index is 1290. The molecule has 0 bridgehead atoms. The minimum atomic E-state index is 0.172. The molecule has 0 aromatic carbocycles. The van der Waals surface area contributed by atoms with Gasteiger partial charge in [0.15, 0.2) is 11.5 Å². The highest BCUT2D eigenvalue weighted by atomic mass is 15.4. The third-order valence-electron chi connectivity index (χ3n) is 4.35. The highest BCUT2D eigenvalue weighted by molar-refractivity contribution is 5.77. The van der Waals surface area contributed by atoms with E-state index in [1.807, 2.05) is 19.9 Å². The number of nitrogens with zero attached hydrogens (tertiary/aromatic N) is 9. The van der Waals surface area contributed by atoms with Crippen LogP contribution in [0.4, 0.5) is 5.69 Å². The van der Waals surface area contributed by atoms with Crippen molar-refractivity contribution < 1.29 is 0 Å². The molecule has 148 valence electrons. The maximum absolute atomic E-state index is 9.06. The molecule has 0 atom stereocenters. The lowest BCUT2D eigenvalue weighted by atomic mass is 10.2. The van der Waals surface area contributed by atoms with E-state index in [1.54, 1.807) is 34.0 Å². The van der Waals surface area contributed by atoms with Crippen LogP contribution in [-0.2, 0) is 6.42 Å². The van der Waals surface area contributed by atoms with Gasteiger partial charge < -0.3 is 5.32 Å². The molecule has 1 N–H and O–H groups in total. The third kappa shape index (κ3) is 3.66. The van der Waals surface area contributed by atoms with Gasteiger partial charge in [-0.1, -0.05) is 5.21 Å². The molecular weight excluding hydrogens is 380 g/mol. The van der Waals surface area contributed by atoms with Crippen LogP contribution in [0.3, 0.4) is 0 Å². The van der Waals surface area contributed by atoms with Crippen LogP contribution in [0.2, 0.25) is 0 Å². The van der Waals surface area contributed by atoms with E-state index in [1.165, 1.54) is 6.20 Å². The highest BCUT2D eigenvalue weighted by Gasteiger charge is 2.14. The number of fused-ring (bicyclic) bond motifs is 1. The van der Waals surface area contributed by atoms with Crippen LogP contribution >= 0.6 is 0 Å². The van der Waals surface area contributed by atoms with Crippen LogP contribution in [0, 0.1) is 22.7 Å². The Morgan fingerprint density at radius 3 is 2.77 bits per heavy atom. The molecule has 0 saturated carbocycles. The summed E-state index contributed by atoms with van der Waals surface area (Å²) in [6.45, 7) is 4.08. The molecule has 0 aliphatic carbocycles. The summed E-state index contributed by atoms with van der Waals surface area (Å²) in [4.78, 5) is 8.90. The average Bonchev–Trinajstić information content (AvgIpc) is 3.38. The van der Waals surface area contributed by atoms with Crippen LogP contribution in [0.5, 0.6) is 0 Å². The van der Waals surface area contributed by atoms with Gasteiger partial charge in [-0.25, -0.2) is 14.6 Å². The summed E-state index contributed by atoms with van der Waals surface area (Å²) in [5, 5.41) is 34.7. The van der Waals surface area contributed by atoms with Crippen LogP contribution in [0.15, 0.2) is 36.9 Å². The Labute approximate surface area is 172 Å². The first-order valence-corrected chi connectivity index (χ1v) is 9.38. The number of aryl methyl sites for hydroxylation is 1. The zero-order chi connectivity index (χ0) is 21.1. The van der Waals surface area contributed by atoms with Crippen molar-refractivity contribution >= 4 is 16.7 Å². The van der Waals surface area contributed by atoms with Crippen molar-refractivity contribution in [1.82, 2.24) is 34.7 Å². The average molecular weight is 398 g/mol. The van der Waals surface area contributed by atoms with E-state index in [0.717, 1.165) is 22.5 Å². The van der Waals surface area contributed by atoms with Gasteiger partial charge in [0.1, 0.15) is 11.8 Å². The van der Waals surface area contributed by atoms with Gasteiger partial charge in [0, 0.05) is 36.5 Å². The van der Waals surface area contributed by atoms with E-state index >= 15 is 0 Å². The topological polar surface area (TPSA) is 134 Å². The SMILES string of the molecule is CC(C)Nc1cc(-n2ncc3cc(C#N)cnc32)ncc1-n1cc(CCC#N)nn1. The first-order chi connectivity index (χ1) is 14.6. The Balaban J connectivity index is 1.76. The van der Waals surface area contributed by atoms with Crippen LogP contribution in [-0.4, -0.2) is 40.8 Å². The first-order valence-electron chi connectivity index (χ1n) is 9.38. The highest BCUT2D eigenvalue weighted by Crippen LogP contribution is 2.24. The van der Waals surface area contributed by atoms with Crippen molar-refractivity contribution in [3.8, 4) is 23.6 Å². The predicted molar refractivity (Wildman–Crippen MR) is 109 cm³/mol. The molecule has 4 aromatic rings. The Morgan fingerprint density at radius 2 is 2.00 bits per heavy atom. The quantitative estimate of drug-likeness (QED) is 0.524. The zero-order valence-corrected chi connectivity index (χ0v) is 16.5. The monoisotopic (exact) mass is 398 g/mol. The number of anilines is 1. The van der Waals surface area contributed by atoms with Gasteiger partial charge in [0.2, 0.25) is 0 Å². The van der Waals surface area contributed by atoms with Gasteiger partial charge in [0.05, 0.1) is 41.6 Å². The largest absolute Gasteiger partial charge is 0.381 e. The van der Waals surface area contributed by atoms with Gasteiger partial charge >= 0.3 is 0 Å².